The van der Waals surface area contributed by atoms with E-state index in [-0.39, 0.29) is 4.90 Å². The van der Waals surface area contributed by atoms with Gasteiger partial charge in [0.15, 0.2) is 0 Å². The number of allylic oxidation sites excluding steroid dienone is 1. The van der Waals surface area contributed by atoms with E-state index in [0.29, 0.717) is 5.75 Å². The molecule has 1 heterocycles. The number of hydrogen-bond donors (Lipinski definition) is 0. The van der Waals surface area contributed by atoms with Crippen LogP contribution in [0.5, 0.6) is 5.75 Å². The highest BCUT2D eigenvalue weighted by Crippen LogP contribution is 2.45. The van der Waals surface area contributed by atoms with Gasteiger partial charge in [0.05, 0.1) is 24.0 Å². The average Bonchev–Trinajstić information content (AvgIpc) is 2.64. The number of carbonyl (C=O) groups is 1. The van der Waals surface area contributed by atoms with Crippen LogP contribution in [0.1, 0.15) is 24.1 Å². The standard InChI is InChI=1S/C20H21NO4S/c1-4-5-18-19(15-8-10-16(25-3)11-9-15)21(20(18)22)26(23,24)17-12-6-14(2)7-13-17/h4-13,18-19H,1-3H3/b5-4+/t18-,19-/m0/s1. The number of aryl methyl sites for hydroxylation is 1. The molecular formula is C20H21NO4S. The van der Waals surface area contributed by atoms with Crippen LogP contribution in [-0.4, -0.2) is 25.7 Å². The van der Waals surface area contributed by atoms with Crippen LogP contribution in [0.4, 0.5) is 0 Å². The minimum atomic E-state index is -3.91. The first kappa shape index (κ1) is 18.2. The lowest BCUT2D eigenvalue weighted by molar-refractivity contribution is -0.143. The summed E-state index contributed by atoms with van der Waals surface area (Å²) in [5, 5.41) is 0. The van der Waals surface area contributed by atoms with Crippen molar-refractivity contribution in [3.63, 3.8) is 0 Å². The molecule has 0 N–H and O–H groups in total. The van der Waals surface area contributed by atoms with Crippen molar-refractivity contribution in [2.45, 2.75) is 24.8 Å². The summed E-state index contributed by atoms with van der Waals surface area (Å²) in [4.78, 5) is 12.7. The second kappa shape index (κ2) is 6.96. The van der Waals surface area contributed by atoms with Crippen molar-refractivity contribution < 1.29 is 17.9 Å². The number of methoxy groups -OCH3 is 1. The van der Waals surface area contributed by atoms with Crippen molar-refractivity contribution in [1.82, 2.24) is 4.31 Å². The molecule has 1 fully saturated rings. The molecule has 2 aromatic rings. The molecule has 0 aromatic heterocycles. The first-order valence-corrected chi connectivity index (χ1v) is 9.76. The Balaban J connectivity index is 2.03. The second-order valence-electron chi connectivity index (χ2n) is 6.22. The van der Waals surface area contributed by atoms with Gasteiger partial charge in [-0.25, -0.2) is 12.7 Å². The van der Waals surface area contributed by atoms with E-state index in [2.05, 4.69) is 0 Å². The Bertz CT molecular complexity index is 931. The van der Waals surface area contributed by atoms with Gasteiger partial charge in [0.1, 0.15) is 5.75 Å². The van der Waals surface area contributed by atoms with Gasteiger partial charge in [0.25, 0.3) is 10.0 Å². The van der Waals surface area contributed by atoms with E-state index in [9.17, 15) is 13.2 Å². The molecule has 1 aliphatic rings. The number of benzene rings is 2. The Morgan fingerprint density at radius 2 is 1.65 bits per heavy atom. The molecule has 26 heavy (non-hydrogen) atoms. The summed E-state index contributed by atoms with van der Waals surface area (Å²) in [6.45, 7) is 3.70. The molecule has 136 valence electrons. The number of nitrogens with zero attached hydrogens (tertiary/aromatic N) is 1. The number of hydrogen-bond acceptors (Lipinski definition) is 4. The molecule has 1 aliphatic heterocycles. The molecule has 0 bridgehead atoms. The number of sulfonamides is 1. The summed E-state index contributed by atoms with van der Waals surface area (Å²) in [6, 6.07) is 13.1. The van der Waals surface area contributed by atoms with Gasteiger partial charge in [0, 0.05) is 0 Å². The van der Waals surface area contributed by atoms with Crippen LogP contribution >= 0.6 is 0 Å². The van der Waals surface area contributed by atoms with Gasteiger partial charge in [-0.15, -0.1) is 0 Å². The van der Waals surface area contributed by atoms with Crippen molar-refractivity contribution in [2.75, 3.05) is 7.11 Å². The SMILES string of the molecule is C/C=C/[C@@H]1C(=O)N(S(=O)(=O)c2ccc(C)cc2)[C@H]1c1ccc(OC)cc1. The lowest BCUT2D eigenvalue weighted by atomic mass is 9.85. The van der Waals surface area contributed by atoms with Crippen LogP contribution in [0, 0.1) is 12.8 Å². The molecule has 0 radical (unpaired) electrons. The smallest absolute Gasteiger partial charge is 0.267 e. The Morgan fingerprint density at radius 1 is 1.04 bits per heavy atom. The number of amides is 1. The van der Waals surface area contributed by atoms with Crippen molar-refractivity contribution in [3.05, 3.63) is 71.8 Å². The lowest BCUT2D eigenvalue weighted by Crippen LogP contribution is -2.56. The van der Waals surface area contributed by atoms with Crippen LogP contribution in [0.2, 0.25) is 0 Å². The lowest BCUT2D eigenvalue weighted by Gasteiger charge is -2.45. The zero-order chi connectivity index (χ0) is 18.9. The molecule has 1 saturated heterocycles. The van der Waals surface area contributed by atoms with Gasteiger partial charge in [-0.3, -0.25) is 4.79 Å². The first-order chi connectivity index (χ1) is 12.4. The largest absolute Gasteiger partial charge is 0.497 e. The average molecular weight is 371 g/mol. The van der Waals surface area contributed by atoms with Gasteiger partial charge < -0.3 is 4.74 Å². The molecular weight excluding hydrogens is 350 g/mol. The number of carbonyl (C=O) groups excluding carboxylic acids is 1. The van der Waals surface area contributed by atoms with Crippen LogP contribution in [-0.2, 0) is 14.8 Å². The third-order valence-electron chi connectivity index (χ3n) is 4.53. The fourth-order valence-corrected chi connectivity index (χ4v) is 4.73. The maximum atomic E-state index is 13.0. The fourth-order valence-electron chi connectivity index (χ4n) is 3.11. The summed E-state index contributed by atoms with van der Waals surface area (Å²) in [5.41, 5.74) is 1.71. The quantitative estimate of drug-likeness (QED) is 0.596. The zero-order valence-electron chi connectivity index (χ0n) is 14.9. The van der Waals surface area contributed by atoms with Crippen LogP contribution in [0.3, 0.4) is 0 Å². The minimum Gasteiger partial charge on any atom is -0.497 e. The summed E-state index contributed by atoms with van der Waals surface area (Å²) in [6.07, 6.45) is 3.52. The van der Waals surface area contributed by atoms with E-state index in [4.69, 9.17) is 4.74 Å². The van der Waals surface area contributed by atoms with Crippen molar-refractivity contribution in [3.8, 4) is 5.75 Å². The number of ether oxygens (including phenoxy) is 1. The van der Waals surface area contributed by atoms with Gasteiger partial charge in [-0.2, -0.15) is 0 Å². The molecule has 0 spiro atoms. The van der Waals surface area contributed by atoms with Crippen LogP contribution < -0.4 is 4.74 Å². The van der Waals surface area contributed by atoms with Crippen molar-refractivity contribution in [2.24, 2.45) is 5.92 Å². The zero-order valence-corrected chi connectivity index (χ0v) is 15.7. The van der Waals surface area contributed by atoms with Gasteiger partial charge in [-0.1, -0.05) is 42.0 Å². The van der Waals surface area contributed by atoms with Crippen LogP contribution in [0.25, 0.3) is 0 Å². The third-order valence-corrected chi connectivity index (χ3v) is 6.32. The fraction of sp³-hybridized carbons (Fsp3) is 0.250. The van der Waals surface area contributed by atoms with Gasteiger partial charge in [-0.05, 0) is 43.7 Å². The second-order valence-corrected chi connectivity index (χ2v) is 8.04. The maximum Gasteiger partial charge on any atom is 0.267 e. The monoisotopic (exact) mass is 371 g/mol. The molecule has 2 aromatic carbocycles. The highest BCUT2D eigenvalue weighted by molar-refractivity contribution is 7.89. The molecule has 0 aliphatic carbocycles. The Hall–Kier alpha value is -2.60. The molecule has 5 nitrogen and oxygen atoms in total. The van der Waals surface area contributed by atoms with E-state index in [1.54, 1.807) is 55.7 Å². The molecule has 6 heteroatoms. The van der Waals surface area contributed by atoms with Crippen LogP contribution in [0.15, 0.2) is 65.6 Å². The van der Waals surface area contributed by atoms with E-state index < -0.39 is 27.9 Å². The summed E-state index contributed by atoms with van der Waals surface area (Å²) in [7, 11) is -2.35. The summed E-state index contributed by atoms with van der Waals surface area (Å²) >= 11 is 0. The van der Waals surface area contributed by atoms with E-state index >= 15 is 0 Å². The molecule has 3 rings (SSSR count). The van der Waals surface area contributed by atoms with Crippen molar-refractivity contribution >= 4 is 15.9 Å². The summed E-state index contributed by atoms with van der Waals surface area (Å²) in [5.74, 6) is -0.229. The van der Waals surface area contributed by atoms with Crippen molar-refractivity contribution in [1.29, 1.82) is 0 Å². The predicted octanol–water partition coefficient (Wildman–Crippen LogP) is 3.47. The minimum absolute atomic E-state index is 0.119. The highest BCUT2D eigenvalue weighted by atomic mass is 32.2. The molecule has 0 saturated carbocycles. The highest BCUT2D eigenvalue weighted by Gasteiger charge is 2.53. The normalized spacial score (nSPS) is 20.3. The Morgan fingerprint density at radius 3 is 2.19 bits per heavy atom. The molecule has 2 atom stereocenters. The molecule has 0 unspecified atom stereocenters. The number of rotatable bonds is 5. The van der Waals surface area contributed by atoms with Gasteiger partial charge >= 0.3 is 0 Å². The first-order valence-electron chi connectivity index (χ1n) is 8.32. The maximum absolute atomic E-state index is 13.0. The Kier molecular flexibility index (Phi) is 4.87. The topological polar surface area (TPSA) is 63.7 Å². The van der Waals surface area contributed by atoms with E-state index in [1.165, 1.54) is 12.1 Å². The van der Waals surface area contributed by atoms with E-state index in [0.717, 1.165) is 15.4 Å². The number of β-lactam (4-membered cyclic amide) rings is 1. The summed E-state index contributed by atoms with van der Waals surface area (Å²) < 4.78 is 32.2. The Labute approximate surface area is 154 Å². The van der Waals surface area contributed by atoms with Gasteiger partial charge in [0.2, 0.25) is 5.91 Å². The van der Waals surface area contributed by atoms with E-state index in [1.807, 2.05) is 13.8 Å². The third kappa shape index (κ3) is 3.01. The predicted molar refractivity (Wildman–Crippen MR) is 99.2 cm³/mol. The molecule has 1 amide bonds.